The van der Waals surface area contributed by atoms with E-state index in [4.69, 9.17) is 0 Å². The van der Waals surface area contributed by atoms with Crippen LogP contribution in [0.1, 0.15) is 8.56 Å². The minimum Gasteiger partial charge on any atom is -1.00 e. The Kier molecular flexibility index (Phi) is 89.7. The summed E-state index contributed by atoms with van der Waals surface area (Å²) >= 11 is 0. The van der Waals surface area contributed by atoms with E-state index in [-0.39, 0.29) is 180 Å². The molecule has 12 valence electrons. The smallest absolute Gasteiger partial charge is 1.00 e. The van der Waals surface area contributed by atoms with Gasteiger partial charge in [-0.15, -0.1) is 0 Å². The van der Waals surface area contributed by atoms with E-state index in [0.717, 1.165) is 0 Å². The average Bonchev–Trinajstić information content (AvgIpc) is 0. The molecule has 4 heavy (non-hydrogen) atoms. The van der Waals surface area contributed by atoms with E-state index in [1.165, 1.54) is 0 Å². The second-order valence-corrected chi connectivity index (χ2v) is 0. The molecule has 0 aliphatic rings. The molecule has 0 amide bonds. The normalized spacial score (nSPS) is 0. The Hall–Kier alpha value is 5.44. The third-order valence-corrected chi connectivity index (χ3v) is 0. The summed E-state index contributed by atoms with van der Waals surface area (Å²) in [6.45, 7) is 0. The van der Waals surface area contributed by atoms with Crippen molar-refractivity contribution < 1.29 is 163 Å². The van der Waals surface area contributed by atoms with Gasteiger partial charge in [-0.25, -0.2) is 0 Å². The van der Waals surface area contributed by atoms with E-state index in [9.17, 15) is 0 Å². The first-order chi connectivity index (χ1) is 0. The number of hydrogen-bond donors (Lipinski definition) is 0. The van der Waals surface area contributed by atoms with E-state index < -0.39 is 0 Å². The van der Waals surface area contributed by atoms with Gasteiger partial charge in [0.2, 0.25) is 0 Å². The van der Waals surface area contributed by atoms with Crippen LogP contribution in [0.5, 0.6) is 0 Å². The molecule has 4 heteroatoms. The van der Waals surface area contributed by atoms with Gasteiger partial charge in [0.15, 0.2) is 0 Å². The maximum Gasteiger partial charge on any atom is 3.00 e. The molecular weight excluding hydrogens is 144 g/mol. The second-order valence-electron chi connectivity index (χ2n) is 0. The molecule has 0 saturated carbocycles. The standard InChI is InChI=1S/Al.3K.6H/q+3;3*+1;6*-1. The van der Waals surface area contributed by atoms with Crippen LogP contribution in [0, 0.1) is 0 Å². The van der Waals surface area contributed by atoms with Crippen LogP contribution in [0.2, 0.25) is 0 Å². The van der Waals surface area contributed by atoms with Crippen molar-refractivity contribution >= 4 is 17.4 Å². The van der Waals surface area contributed by atoms with Crippen LogP contribution in [0.4, 0.5) is 0 Å². The molecule has 0 spiro atoms. The molecule has 0 aliphatic heterocycles. The molecule has 0 aromatic heterocycles. The Morgan fingerprint density at radius 2 is 0.750 bits per heavy atom. The Morgan fingerprint density at radius 1 is 0.750 bits per heavy atom. The predicted molar refractivity (Wildman–Crippen MR) is 12.4 cm³/mol. The summed E-state index contributed by atoms with van der Waals surface area (Å²) in [6, 6.07) is 0. The van der Waals surface area contributed by atoms with Crippen molar-refractivity contribution in [2.75, 3.05) is 0 Å². The zero-order valence-corrected chi connectivity index (χ0v) is 14.1. The number of rotatable bonds is 0. The van der Waals surface area contributed by atoms with E-state index in [1.54, 1.807) is 0 Å². The molecule has 0 aliphatic carbocycles. The van der Waals surface area contributed by atoms with Crippen LogP contribution in [0.3, 0.4) is 0 Å². The molecule has 0 heterocycles. The molecule has 0 fully saturated rings. The van der Waals surface area contributed by atoms with E-state index in [2.05, 4.69) is 0 Å². The van der Waals surface area contributed by atoms with Gasteiger partial charge >= 0.3 is 172 Å². The van der Waals surface area contributed by atoms with Gasteiger partial charge in [-0.2, -0.15) is 0 Å². The molecule has 0 saturated heterocycles. The van der Waals surface area contributed by atoms with Crippen LogP contribution in [-0.4, -0.2) is 17.4 Å². The van der Waals surface area contributed by atoms with Crippen LogP contribution in [0.25, 0.3) is 0 Å². The second kappa shape index (κ2) is 15.8. The third-order valence-electron chi connectivity index (χ3n) is 0. The minimum absolute atomic E-state index is 0. The van der Waals surface area contributed by atoms with Gasteiger partial charge in [0.05, 0.1) is 0 Å². The van der Waals surface area contributed by atoms with Crippen molar-refractivity contribution in [2.24, 2.45) is 0 Å². The van der Waals surface area contributed by atoms with Gasteiger partial charge < -0.3 is 8.56 Å². The van der Waals surface area contributed by atoms with Gasteiger partial charge in [0.25, 0.3) is 0 Å². The fourth-order valence-electron chi connectivity index (χ4n) is 0. The van der Waals surface area contributed by atoms with Crippen molar-refractivity contribution in [3.05, 3.63) is 0 Å². The van der Waals surface area contributed by atoms with E-state index >= 15 is 0 Å². The molecular formula is H6AlK3. The summed E-state index contributed by atoms with van der Waals surface area (Å²) in [5, 5.41) is 0. The first-order valence-electron chi connectivity index (χ1n) is 0. The topological polar surface area (TPSA) is 0 Å². The minimum atomic E-state index is 0. The fourth-order valence-corrected chi connectivity index (χ4v) is 0. The first-order valence-corrected chi connectivity index (χ1v) is 0. The maximum atomic E-state index is 0. The fraction of sp³-hybridized carbons (Fsp3) is 0. The summed E-state index contributed by atoms with van der Waals surface area (Å²) in [6.07, 6.45) is 0. The average molecular weight is 150 g/mol. The van der Waals surface area contributed by atoms with Gasteiger partial charge in [-0.3, -0.25) is 0 Å². The largest absolute Gasteiger partial charge is 3.00 e. The van der Waals surface area contributed by atoms with Crippen molar-refractivity contribution in [1.29, 1.82) is 0 Å². The molecule has 0 atom stereocenters. The zero-order chi connectivity index (χ0) is 0. The van der Waals surface area contributed by atoms with Gasteiger partial charge in [-0.1, -0.05) is 0 Å². The van der Waals surface area contributed by atoms with Crippen LogP contribution < -0.4 is 154 Å². The molecule has 0 rings (SSSR count). The molecule has 0 aromatic rings. The zero-order valence-electron chi connectivity index (χ0n) is 9.58. The molecule has 0 unspecified atom stereocenters. The quantitative estimate of drug-likeness (QED) is 0.301. The Morgan fingerprint density at radius 3 is 0.750 bits per heavy atom. The van der Waals surface area contributed by atoms with Crippen LogP contribution in [-0.2, 0) is 0 Å². The Labute approximate surface area is 174 Å². The van der Waals surface area contributed by atoms with Crippen molar-refractivity contribution in [3.63, 3.8) is 0 Å². The molecule has 0 radical (unpaired) electrons. The van der Waals surface area contributed by atoms with Crippen molar-refractivity contribution in [1.82, 2.24) is 0 Å². The van der Waals surface area contributed by atoms with E-state index in [0.29, 0.717) is 0 Å². The monoisotopic (exact) mass is 150 g/mol. The summed E-state index contributed by atoms with van der Waals surface area (Å²) in [7, 11) is 0. The molecule has 0 bridgehead atoms. The summed E-state index contributed by atoms with van der Waals surface area (Å²) in [5.41, 5.74) is 0. The first kappa shape index (κ1) is 22.7. The maximum absolute atomic E-state index is 0. The summed E-state index contributed by atoms with van der Waals surface area (Å²) < 4.78 is 0. The van der Waals surface area contributed by atoms with Crippen LogP contribution >= 0.6 is 0 Å². The van der Waals surface area contributed by atoms with Gasteiger partial charge in [-0.05, 0) is 0 Å². The SMILES string of the molecule is [Al+3].[H-].[H-].[H-].[H-].[H-].[H-].[K+].[K+].[K+]. The Bertz CT molecular complexity index is 13.0. The molecule has 0 aromatic carbocycles. The van der Waals surface area contributed by atoms with Crippen LogP contribution in [0.15, 0.2) is 0 Å². The summed E-state index contributed by atoms with van der Waals surface area (Å²) in [4.78, 5) is 0. The summed E-state index contributed by atoms with van der Waals surface area (Å²) in [5.74, 6) is 0. The van der Waals surface area contributed by atoms with E-state index in [1.807, 2.05) is 0 Å². The van der Waals surface area contributed by atoms with Crippen molar-refractivity contribution in [3.8, 4) is 0 Å². The van der Waals surface area contributed by atoms with Gasteiger partial charge in [0.1, 0.15) is 0 Å². The number of hydrogen-bond acceptors (Lipinski definition) is 0. The molecule has 0 nitrogen and oxygen atoms in total. The predicted octanol–water partition coefficient (Wildman–Crippen LogP) is -8.69. The third kappa shape index (κ3) is 10.4. The Balaban J connectivity index is 0. The van der Waals surface area contributed by atoms with Crippen molar-refractivity contribution in [2.45, 2.75) is 0 Å². The molecule has 0 N–H and O–H groups in total. The van der Waals surface area contributed by atoms with Gasteiger partial charge in [0, 0.05) is 0 Å².